The van der Waals surface area contributed by atoms with Crippen LogP contribution in [0.15, 0.2) is 43.0 Å². The second-order valence-electron chi connectivity index (χ2n) is 7.47. The van der Waals surface area contributed by atoms with Gasteiger partial charge in [0.25, 0.3) is 0 Å². The van der Waals surface area contributed by atoms with E-state index in [0.29, 0.717) is 36.9 Å². The Morgan fingerprint density at radius 1 is 1.13 bits per heavy atom. The van der Waals surface area contributed by atoms with Crippen molar-refractivity contribution in [2.24, 2.45) is 0 Å². The van der Waals surface area contributed by atoms with E-state index in [1.807, 2.05) is 6.92 Å². The highest BCUT2D eigenvalue weighted by Gasteiger charge is 2.21. The summed E-state index contributed by atoms with van der Waals surface area (Å²) in [6.07, 6.45) is 8.59. The van der Waals surface area contributed by atoms with Crippen LogP contribution in [0.5, 0.6) is 0 Å². The lowest BCUT2D eigenvalue weighted by Gasteiger charge is -2.19. The molecule has 2 rings (SSSR count). The van der Waals surface area contributed by atoms with Gasteiger partial charge in [-0.2, -0.15) is 0 Å². The van der Waals surface area contributed by atoms with Crippen molar-refractivity contribution in [2.45, 2.75) is 65.0 Å². The van der Waals surface area contributed by atoms with Crippen LogP contribution in [0.3, 0.4) is 0 Å². The summed E-state index contributed by atoms with van der Waals surface area (Å²) < 4.78 is 1.62. The summed E-state index contributed by atoms with van der Waals surface area (Å²) in [5, 5.41) is 5.58. The first kappa shape index (κ1) is 24.0. The first-order valence-electron chi connectivity index (χ1n) is 10.6. The average molecular weight is 427 g/mol. The number of hydrogen-bond acceptors (Lipinski definition) is 5. The van der Waals surface area contributed by atoms with Crippen LogP contribution in [0, 0.1) is 0 Å². The molecule has 31 heavy (non-hydrogen) atoms. The van der Waals surface area contributed by atoms with E-state index in [2.05, 4.69) is 15.6 Å². The molecular formula is C23H30N4O4. The number of nitrogens with zero attached hydrogens (tertiary/aromatic N) is 2. The summed E-state index contributed by atoms with van der Waals surface area (Å²) in [5.41, 5.74) is 0.999. The summed E-state index contributed by atoms with van der Waals surface area (Å²) in [5.74, 6) is -0.502. The lowest BCUT2D eigenvalue weighted by Crippen LogP contribution is -2.45. The number of aromatic nitrogens is 2. The number of unbranched alkanes of at least 4 members (excludes halogenated alkanes) is 2. The van der Waals surface area contributed by atoms with Gasteiger partial charge in [-0.15, -0.1) is 0 Å². The molecule has 0 bridgehead atoms. The smallest absolute Gasteiger partial charge is 0.246 e. The number of carbonyl (C=O) groups excluding carboxylic acids is 4. The molecule has 0 aliphatic heterocycles. The topological polar surface area (TPSA) is 110 Å². The number of imidazole rings is 1. The second-order valence-corrected chi connectivity index (χ2v) is 7.47. The van der Waals surface area contributed by atoms with Crippen LogP contribution >= 0.6 is 0 Å². The molecule has 0 saturated carbocycles. The lowest BCUT2D eigenvalue weighted by molar-refractivity contribution is -0.127. The van der Waals surface area contributed by atoms with E-state index in [1.165, 1.54) is 13.3 Å². The van der Waals surface area contributed by atoms with Crippen LogP contribution in [0.25, 0.3) is 0 Å². The molecule has 0 saturated heterocycles. The van der Waals surface area contributed by atoms with Gasteiger partial charge < -0.3 is 15.2 Å². The predicted octanol–water partition coefficient (Wildman–Crippen LogP) is 3.14. The van der Waals surface area contributed by atoms with Crippen molar-refractivity contribution in [1.82, 2.24) is 14.9 Å². The van der Waals surface area contributed by atoms with Crippen LogP contribution in [0.4, 0.5) is 5.69 Å². The molecular weight excluding hydrogens is 396 g/mol. The van der Waals surface area contributed by atoms with Crippen molar-refractivity contribution < 1.29 is 19.2 Å². The number of Topliss-reactive ketones (excluding diaryl/α,β-unsaturated/α-hetero) is 2. The van der Waals surface area contributed by atoms with E-state index in [-0.39, 0.29) is 29.9 Å². The van der Waals surface area contributed by atoms with E-state index in [1.54, 1.807) is 41.2 Å². The maximum absolute atomic E-state index is 12.9. The van der Waals surface area contributed by atoms with Gasteiger partial charge in [0.05, 0.1) is 6.33 Å². The van der Waals surface area contributed by atoms with Crippen LogP contribution in [0.2, 0.25) is 0 Å². The summed E-state index contributed by atoms with van der Waals surface area (Å²) in [7, 11) is 0. The molecule has 2 N–H and O–H groups in total. The fraction of sp³-hybridized carbons (Fsp3) is 0.435. The highest BCUT2D eigenvalue weighted by Crippen LogP contribution is 2.14. The third kappa shape index (κ3) is 8.54. The monoisotopic (exact) mass is 426 g/mol. The van der Waals surface area contributed by atoms with Gasteiger partial charge in [0.2, 0.25) is 11.8 Å². The van der Waals surface area contributed by atoms with Gasteiger partial charge in [-0.25, -0.2) is 4.98 Å². The van der Waals surface area contributed by atoms with Gasteiger partial charge >= 0.3 is 0 Å². The number of hydrogen-bond donors (Lipinski definition) is 2. The SMILES string of the molecule is CCC(=O)CCCCCC(NC(=O)Cn1ccnc1)C(=O)Nc1cccc(C(C)=O)c1. The zero-order valence-electron chi connectivity index (χ0n) is 18.1. The summed E-state index contributed by atoms with van der Waals surface area (Å²) in [6, 6.07) is 5.97. The number of nitrogens with one attached hydrogen (secondary N) is 2. The van der Waals surface area contributed by atoms with Crippen molar-refractivity contribution in [3.63, 3.8) is 0 Å². The van der Waals surface area contributed by atoms with Crippen molar-refractivity contribution >= 4 is 29.1 Å². The summed E-state index contributed by atoms with van der Waals surface area (Å²) in [4.78, 5) is 52.2. The number of rotatable bonds is 13. The second kappa shape index (κ2) is 12.4. The Morgan fingerprint density at radius 3 is 2.61 bits per heavy atom. The molecule has 0 fully saturated rings. The molecule has 0 aliphatic rings. The van der Waals surface area contributed by atoms with Gasteiger partial charge in [0, 0.05) is 36.5 Å². The first-order valence-corrected chi connectivity index (χ1v) is 10.6. The largest absolute Gasteiger partial charge is 0.343 e. The number of anilines is 1. The molecule has 8 heteroatoms. The van der Waals surface area contributed by atoms with Gasteiger partial charge in [0.15, 0.2) is 5.78 Å². The quantitative estimate of drug-likeness (QED) is 0.378. The molecule has 8 nitrogen and oxygen atoms in total. The fourth-order valence-corrected chi connectivity index (χ4v) is 3.12. The van der Waals surface area contributed by atoms with Crippen molar-refractivity contribution in [3.8, 4) is 0 Å². The highest BCUT2D eigenvalue weighted by molar-refractivity contribution is 5.99. The van der Waals surface area contributed by atoms with Crippen molar-refractivity contribution in [2.75, 3.05) is 5.32 Å². The summed E-state index contributed by atoms with van der Waals surface area (Å²) in [6.45, 7) is 3.37. The standard InChI is InChI=1S/C23H30N4O4/c1-3-20(29)10-5-4-6-11-21(26-22(30)15-27-13-12-24-16-27)23(31)25-19-9-7-8-18(14-19)17(2)28/h7-9,12-14,16,21H,3-6,10-11,15H2,1-2H3,(H,25,31)(H,26,30). The van der Waals surface area contributed by atoms with E-state index in [0.717, 1.165) is 12.8 Å². The van der Waals surface area contributed by atoms with Crippen LogP contribution in [0.1, 0.15) is 62.7 Å². The van der Waals surface area contributed by atoms with Gasteiger partial charge in [-0.1, -0.05) is 31.9 Å². The van der Waals surface area contributed by atoms with Crippen LogP contribution in [-0.2, 0) is 20.9 Å². The Labute approximate surface area is 182 Å². The zero-order valence-corrected chi connectivity index (χ0v) is 18.1. The van der Waals surface area contributed by atoms with Gasteiger partial charge in [-0.3, -0.25) is 19.2 Å². The molecule has 1 aromatic heterocycles. The Morgan fingerprint density at radius 2 is 1.94 bits per heavy atom. The number of amides is 2. The lowest BCUT2D eigenvalue weighted by atomic mass is 10.0. The Kier molecular flexibility index (Phi) is 9.61. The number of carbonyl (C=O) groups is 4. The number of ketones is 2. The molecule has 2 amide bonds. The minimum atomic E-state index is -0.723. The van der Waals surface area contributed by atoms with Crippen LogP contribution in [-0.4, -0.2) is 39.0 Å². The zero-order chi connectivity index (χ0) is 22.6. The van der Waals surface area contributed by atoms with Gasteiger partial charge in [-0.05, 0) is 31.9 Å². The predicted molar refractivity (Wildman–Crippen MR) is 118 cm³/mol. The third-order valence-corrected chi connectivity index (χ3v) is 4.92. The Balaban J connectivity index is 1.98. The minimum absolute atomic E-state index is 0.0641. The Hall–Kier alpha value is -3.29. The first-order chi connectivity index (χ1) is 14.9. The molecule has 1 atom stereocenters. The third-order valence-electron chi connectivity index (χ3n) is 4.92. The van der Waals surface area contributed by atoms with Crippen LogP contribution < -0.4 is 10.6 Å². The van der Waals surface area contributed by atoms with Crippen molar-refractivity contribution in [1.29, 1.82) is 0 Å². The average Bonchev–Trinajstić information content (AvgIpc) is 3.25. The maximum Gasteiger partial charge on any atom is 0.246 e. The number of benzene rings is 1. The molecule has 166 valence electrons. The highest BCUT2D eigenvalue weighted by atomic mass is 16.2. The molecule has 0 radical (unpaired) electrons. The maximum atomic E-state index is 12.9. The molecule has 1 heterocycles. The minimum Gasteiger partial charge on any atom is -0.343 e. The van der Waals surface area contributed by atoms with E-state index in [4.69, 9.17) is 0 Å². The van der Waals surface area contributed by atoms with E-state index < -0.39 is 6.04 Å². The molecule has 1 aromatic carbocycles. The van der Waals surface area contributed by atoms with E-state index in [9.17, 15) is 19.2 Å². The molecule has 0 aliphatic carbocycles. The summed E-state index contributed by atoms with van der Waals surface area (Å²) >= 11 is 0. The van der Waals surface area contributed by atoms with E-state index >= 15 is 0 Å². The molecule has 2 aromatic rings. The Bertz CT molecular complexity index is 893. The molecule has 0 spiro atoms. The normalized spacial score (nSPS) is 11.5. The fourth-order valence-electron chi connectivity index (χ4n) is 3.12. The van der Waals surface area contributed by atoms with Gasteiger partial charge in [0.1, 0.15) is 18.4 Å². The van der Waals surface area contributed by atoms with Crippen molar-refractivity contribution in [3.05, 3.63) is 48.5 Å². The molecule has 1 unspecified atom stereocenters.